The van der Waals surface area contributed by atoms with Gasteiger partial charge in [0.2, 0.25) is 0 Å². The van der Waals surface area contributed by atoms with Crippen molar-refractivity contribution in [1.29, 1.82) is 0 Å². The first-order valence-electron chi connectivity index (χ1n) is 4.59. The number of alkyl halides is 3. The molecule has 1 rings (SSSR count). The number of carbonyl (C=O) groups is 1. The molecule has 0 aliphatic carbocycles. The monoisotopic (exact) mass is 232 g/mol. The normalized spacial score (nSPS) is 11.2. The zero-order valence-corrected chi connectivity index (χ0v) is 8.34. The molecule has 16 heavy (non-hydrogen) atoms. The summed E-state index contributed by atoms with van der Waals surface area (Å²) < 4.78 is 35.4. The lowest BCUT2D eigenvalue weighted by Gasteiger charge is -2.07. The summed E-state index contributed by atoms with van der Waals surface area (Å²) >= 11 is 0. The Bertz CT molecular complexity index is 359. The molecular formula is C10H11F3N2O. The Labute approximate surface area is 90.4 Å². The standard InChI is InChI=1S/C10H11F3N2O/c11-10(12,13)9(16)15-6-5-7-1-3-8(14)4-2-7/h1-4H,5-6,14H2,(H,15,16). The molecule has 0 heterocycles. The number of benzene rings is 1. The highest BCUT2D eigenvalue weighted by molar-refractivity contribution is 5.81. The van der Waals surface area contributed by atoms with Gasteiger partial charge >= 0.3 is 12.1 Å². The van der Waals surface area contributed by atoms with Gasteiger partial charge < -0.3 is 11.1 Å². The largest absolute Gasteiger partial charge is 0.471 e. The molecule has 0 aromatic heterocycles. The maximum atomic E-state index is 11.8. The zero-order valence-electron chi connectivity index (χ0n) is 8.34. The van der Waals surface area contributed by atoms with E-state index in [1.165, 1.54) is 0 Å². The molecule has 0 bridgehead atoms. The van der Waals surface area contributed by atoms with Gasteiger partial charge in [-0.2, -0.15) is 13.2 Å². The fourth-order valence-electron chi connectivity index (χ4n) is 1.10. The van der Waals surface area contributed by atoms with Crippen LogP contribution in [0.4, 0.5) is 18.9 Å². The Morgan fingerprint density at radius 1 is 1.25 bits per heavy atom. The van der Waals surface area contributed by atoms with E-state index in [1.54, 1.807) is 29.6 Å². The van der Waals surface area contributed by atoms with Crippen LogP contribution in [0.1, 0.15) is 5.56 Å². The van der Waals surface area contributed by atoms with Crippen molar-refractivity contribution in [2.24, 2.45) is 0 Å². The lowest BCUT2D eigenvalue weighted by Crippen LogP contribution is -2.37. The third-order valence-corrected chi connectivity index (χ3v) is 1.94. The summed E-state index contributed by atoms with van der Waals surface area (Å²) in [7, 11) is 0. The lowest BCUT2D eigenvalue weighted by molar-refractivity contribution is -0.173. The maximum absolute atomic E-state index is 11.8. The molecular weight excluding hydrogens is 221 g/mol. The number of halogens is 3. The smallest absolute Gasteiger partial charge is 0.399 e. The van der Waals surface area contributed by atoms with Gasteiger partial charge in [-0.15, -0.1) is 0 Å². The van der Waals surface area contributed by atoms with E-state index >= 15 is 0 Å². The highest BCUT2D eigenvalue weighted by Gasteiger charge is 2.38. The van der Waals surface area contributed by atoms with Crippen LogP contribution in [0, 0.1) is 0 Å². The van der Waals surface area contributed by atoms with Crippen molar-refractivity contribution in [1.82, 2.24) is 5.32 Å². The first-order valence-corrected chi connectivity index (χ1v) is 4.59. The van der Waals surface area contributed by atoms with E-state index in [9.17, 15) is 18.0 Å². The molecule has 0 saturated heterocycles. The van der Waals surface area contributed by atoms with E-state index in [2.05, 4.69) is 0 Å². The molecule has 1 aromatic carbocycles. The number of rotatable bonds is 3. The minimum Gasteiger partial charge on any atom is -0.399 e. The summed E-state index contributed by atoms with van der Waals surface area (Å²) in [6, 6.07) is 6.71. The van der Waals surface area contributed by atoms with Crippen LogP contribution in [-0.4, -0.2) is 18.6 Å². The van der Waals surface area contributed by atoms with Gasteiger partial charge in [-0.25, -0.2) is 0 Å². The SMILES string of the molecule is Nc1ccc(CCNC(=O)C(F)(F)F)cc1. The van der Waals surface area contributed by atoms with E-state index < -0.39 is 12.1 Å². The molecule has 0 atom stereocenters. The fraction of sp³-hybridized carbons (Fsp3) is 0.300. The van der Waals surface area contributed by atoms with Crippen LogP contribution in [0.3, 0.4) is 0 Å². The van der Waals surface area contributed by atoms with Crippen molar-refractivity contribution in [3.8, 4) is 0 Å². The molecule has 3 nitrogen and oxygen atoms in total. The summed E-state index contributed by atoms with van der Waals surface area (Å²) in [6.45, 7) is -0.0533. The second kappa shape index (κ2) is 4.87. The van der Waals surface area contributed by atoms with E-state index in [0.717, 1.165) is 5.56 Å². The van der Waals surface area contributed by atoms with Gasteiger partial charge in [0.15, 0.2) is 0 Å². The molecule has 0 aliphatic rings. The molecule has 0 aliphatic heterocycles. The van der Waals surface area contributed by atoms with Gasteiger partial charge in [-0.05, 0) is 24.1 Å². The second-order valence-corrected chi connectivity index (χ2v) is 3.25. The van der Waals surface area contributed by atoms with E-state index in [4.69, 9.17) is 5.73 Å². The van der Waals surface area contributed by atoms with E-state index in [1.807, 2.05) is 0 Å². The Balaban J connectivity index is 2.36. The van der Waals surface area contributed by atoms with Crippen LogP contribution in [0.2, 0.25) is 0 Å². The first-order chi connectivity index (χ1) is 7.39. The molecule has 6 heteroatoms. The van der Waals surface area contributed by atoms with Crippen LogP contribution in [0.5, 0.6) is 0 Å². The average molecular weight is 232 g/mol. The molecule has 0 fully saturated rings. The Morgan fingerprint density at radius 2 is 1.81 bits per heavy atom. The lowest BCUT2D eigenvalue weighted by atomic mass is 10.1. The number of hydrogen-bond donors (Lipinski definition) is 2. The zero-order chi connectivity index (χ0) is 12.2. The number of hydrogen-bond acceptors (Lipinski definition) is 2. The van der Waals surface area contributed by atoms with Crippen LogP contribution in [0.25, 0.3) is 0 Å². The molecule has 3 N–H and O–H groups in total. The van der Waals surface area contributed by atoms with Gasteiger partial charge in [0, 0.05) is 12.2 Å². The molecule has 1 aromatic rings. The van der Waals surface area contributed by atoms with Crippen LogP contribution < -0.4 is 11.1 Å². The number of nitrogens with two attached hydrogens (primary N) is 1. The Hall–Kier alpha value is -1.72. The van der Waals surface area contributed by atoms with Gasteiger partial charge in [0.05, 0.1) is 0 Å². The number of carbonyl (C=O) groups excluding carboxylic acids is 1. The van der Waals surface area contributed by atoms with Crippen molar-refractivity contribution in [3.05, 3.63) is 29.8 Å². The third kappa shape index (κ3) is 3.80. The minimum atomic E-state index is -4.82. The molecule has 0 unspecified atom stereocenters. The van der Waals surface area contributed by atoms with Crippen molar-refractivity contribution in [2.75, 3.05) is 12.3 Å². The predicted octanol–water partition coefficient (Wildman–Crippen LogP) is 1.49. The van der Waals surface area contributed by atoms with E-state index in [-0.39, 0.29) is 6.54 Å². The quantitative estimate of drug-likeness (QED) is 0.776. The molecule has 88 valence electrons. The minimum absolute atomic E-state index is 0.0533. The Kier molecular flexibility index (Phi) is 3.76. The van der Waals surface area contributed by atoms with Crippen LogP contribution >= 0.6 is 0 Å². The summed E-state index contributed by atoms with van der Waals surface area (Å²) in [5, 5.41) is 1.79. The van der Waals surface area contributed by atoms with Crippen molar-refractivity contribution in [2.45, 2.75) is 12.6 Å². The molecule has 0 spiro atoms. The predicted molar refractivity (Wildman–Crippen MR) is 53.6 cm³/mol. The number of nitrogens with one attached hydrogen (secondary N) is 1. The van der Waals surface area contributed by atoms with Gasteiger partial charge in [-0.3, -0.25) is 4.79 Å². The maximum Gasteiger partial charge on any atom is 0.471 e. The van der Waals surface area contributed by atoms with Crippen LogP contribution in [-0.2, 0) is 11.2 Å². The highest BCUT2D eigenvalue weighted by Crippen LogP contribution is 2.14. The summed E-state index contributed by atoms with van der Waals surface area (Å²) in [5.41, 5.74) is 6.84. The second-order valence-electron chi connectivity index (χ2n) is 3.25. The molecule has 0 saturated carbocycles. The van der Waals surface area contributed by atoms with Gasteiger partial charge in [-0.1, -0.05) is 12.1 Å². The highest BCUT2D eigenvalue weighted by atomic mass is 19.4. The van der Waals surface area contributed by atoms with E-state index in [0.29, 0.717) is 12.1 Å². The molecule has 0 radical (unpaired) electrons. The van der Waals surface area contributed by atoms with Crippen molar-refractivity contribution < 1.29 is 18.0 Å². The average Bonchev–Trinajstić information content (AvgIpc) is 2.19. The summed E-state index contributed by atoms with van der Waals surface area (Å²) in [6.07, 6.45) is -4.48. The Morgan fingerprint density at radius 3 is 2.31 bits per heavy atom. The third-order valence-electron chi connectivity index (χ3n) is 1.94. The van der Waals surface area contributed by atoms with Crippen LogP contribution in [0.15, 0.2) is 24.3 Å². The summed E-state index contributed by atoms with van der Waals surface area (Å²) in [5.74, 6) is -1.91. The fourth-order valence-corrected chi connectivity index (χ4v) is 1.10. The number of amides is 1. The first kappa shape index (κ1) is 12.4. The van der Waals surface area contributed by atoms with Crippen molar-refractivity contribution in [3.63, 3.8) is 0 Å². The topological polar surface area (TPSA) is 55.1 Å². The number of nitrogen functional groups attached to an aromatic ring is 1. The molecule has 1 amide bonds. The van der Waals surface area contributed by atoms with Gasteiger partial charge in [0.1, 0.15) is 0 Å². The van der Waals surface area contributed by atoms with Gasteiger partial charge in [0.25, 0.3) is 0 Å². The number of anilines is 1. The van der Waals surface area contributed by atoms with Crippen molar-refractivity contribution >= 4 is 11.6 Å². The summed E-state index contributed by atoms with van der Waals surface area (Å²) in [4.78, 5) is 10.5.